The second kappa shape index (κ2) is 8.85. The highest BCUT2D eigenvalue weighted by molar-refractivity contribution is 5.95. The molecule has 3 aromatic rings. The number of rotatable bonds is 8. The van der Waals surface area contributed by atoms with E-state index in [0.29, 0.717) is 0 Å². The maximum Gasteiger partial charge on any atom is 0.251 e. The van der Waals surface area contributed by atoms with E-state index in [9.17, 15) is 4.79 Å². The Balaban J connectivity index is 1.44. The van der Waals surface area contributed by atoms with Crippen LogP contribution < -0.4 is 5.32 Å². The van der Waals surface area contributed by atoms with Crippen LogP contribution in [0.5, 0.6) is 0 Å². The topological polar surface area (TPSA) is 46.9 Å². The normalized spacial score (nSPS) is 11.1. The number of amides is 1. The van der Waals surface area contributed by atoms with Crippen LogP contribution in [0.15, 0.2) is 42.5 Å². The first-order valence-corrected chi connectivity index (χ1v) is 9.89. The Morgan fingerprint density at radius 2 is 1.89 bits per heavy atom. The van der Waals surface area contributed by atoms with E-state index in [-0.39, 0.29) is 5.91 Å². The van der Waals surface area contributed by atoms with Gasteiger partial charge in [-0.2, -0.15) is 0 Å². The van der Waals surface area contributed by atoms with Crippen molar-refractivity contribution < 1.29 is 4.79 Å². The fourth-order valence-electron chi connectivity index (χ4n) is 3.62. The fraction of sp³-hybridized carbons (Fsp3) is 0.391. The van der Waals surface area contributed by atoms with Gasteiger partial charge in [0, 0.05) is 25.1 Å². The highest BCUT2D eigenvalue weighted by Crippen LogP contribution is 2.17. The molecule has 0 unspecified atom stereocenters. The molecule has 4 heteroatoms. The van der Waals surface area contributed by atoms with Gasteiger partial charge in [-0.15, -0.1) is 0 Å². The zero-order chi connectivity index (χ0) is 19.2. The summed E-state index contributed by atoms with van der Waals surface area (Å²) in [6.07, 6.45) is 4.14. The third-order valence-corrected chi connectivity index (χ3v) is 5.04. The molecule has 0 aliphatic heterocycles. The predicted molar refractivity (Wildman–Crippen MR) is 111 cm³/mol. The average molecular weight is 364 g/mol. The zero-order valence-electron chi connectivity index (χ0n) is 16.6. The van der Waals surface area contributed by atoms with E-state index in [0.717, 1.165) is 61.2 Å². The second-order valence-corrected chi connectivity index (χ2v) is 7.15. The number of fused-ring (bicyclic) bond motifs is 1. The Morgan fingerprint density at radius 3 is 2.67 bits per heavy atom. The number of hydrogen-bond donors (Lipinski definition) is 1. The van der Waals surface area contributed by atoms with Gasteiger partial charge in [-0.3, -0.25) is 4.79 Å². The van der Waals surface area contributed by atoms with Crippen molar-refractivity contribution >= 4 is 16.9 Å². The molecule has 0 radical (unpaired) electrons. The summed E-state index contributed by atoms with van der Waals surface area (Å²) in [4.78, 5) is 17.1. The number of nitrogens with zero attached hydrogens (tertiary/aromatic N) is 2. The van der Waals surface area contributed by atoms with Crippen LogP contribution in [0.3, 0.4) is 0 Å². The minimum Gasteiger partial charge on any atom is -0.352 e. The molecule has 0 spiro atoms. The number of nitrogens with one attached hydrogen (secondary N) is 1. The van der Waals surface area contributed by atoms with Crippen molar-refractivity contribution in [1.82, 2.24) is 14.9 Å². The van der Waals surface area contributed by atoms with E-state index < -0.39 is 0 Å². The van der Waals surface area contributed by atoms with E-state index in [2.05, 4.69) is 41.1 Å². The number of unbranched alkanes of at least 4 members (excludes halogenated alkanes) is 2. The predicted octanol–water partition coefficient (Wildman–Crippen LogP) is 4.82. The standard InChI is InChI=1S/C23H29N3O/c1-4-26-21-11-8-7-10-20(21)25-22(26)12-6-5-9-15-24-23(27)19-14-13-17(2)16-18(19)3/h7-8,10-11,13-14,16H,4-6,9,12,15H2,1-3H3,(H,24,27). The van der Waals surface area contributed by atoms with E-state index >= 15 is 0 Å². The van der Waals surface area contributed by atoms with Crippen LogP contribution in [0.2, 0.25) is 0 Å². The first-order chi connectivity index (χ1) is 13.1. The number of benzene rings is 2. The zero-order valence-corrected chi connectivity index (χ0v) is 16.6. The molecule has 4 nitrogen and oxygen atoms in total. The molecule has 3 rings (SSSR count). The number of carbonyl (C=O) groups is 1. The monoisotopic (exact) mass is 363 g/mol. The smallest absolute Gasteiger partial charge is 0.251 e. The van der Waals surface area contributed by atoms with E-state index in [1.165, 1.54) is 11.1 Å². The van der Waals surface area contributed by atoms with Crippen LogP contribution in [0.25, 0.3) is 11.0 Å². The molecule has 0 saturated carbocycles. The maximum absolute atomic E-state index is 12.3. The van der Waals surface area contributed by atoms with Crippen LogP contribution in [-0.4, -0.2) is 22.0 Å². The lowest BCUT2D eigenvalue weighted by atomic mass is 10.1. The van der Waals surface area contributed by atoms with Gasteiger partial charge in [0.05, 0.1) is 11.0 Å². The quantitative estimate of drug-likeness (QED) is 0.584. The van der Waals surface area contributed by atoms with Crippen molar-refractivity contribution in [3.05, 3.63) is 65.0 Å². The van der Waals surface area contributed by atoms with Gasteiger partial charge in [-0.25, -0.2) is 4.98 Å². The Morgan fingerprint density at radius 1 is 1.07 bits per heavy atom. The number of carbonyl (C=O) groups excluding carboxylic acids is 1. The van der Waals surface area contributed by atoms with Gasteiger partial charge >= 0.3 is 0 Å². The number of hydrogen-bond acceptors (Lipinski definition) is 2. The van der Waals surface area contributed by atoms with Crippen LogP contribution >= 0.6 is 0 Å². The van der Waals surface area contributed by atoms with Gasteiger partial charge in [-0.1, -0.05) is 36.2 Å². The van der Waals surface area contributed by atoms with Crippen molar-refractivity contribution in [2.24, 2.45) is 0 Å². The lowest BCUT2D eigenvalue weighted by Crippen LogP contribution is -2.25. The molecule has 0 aliphatic carbocycles. The second-order valence-electron chi connectivity index (χ2n) is 7.15. The number of para-hydroxylation sites is 2. The minimum absolute atomic E-state index is 0.0280. The van der Waals surface area contributed by atoms with Gasteiger partial charge in [0.25, 0.3) is 5.91 Å². The number of imidazole rings is 1. The van der Waals surface area contributed by atoms with Crippen molar-refractivity contribution in [1.29, 1.82) is 0 Å². The van der Waals surface area contributed by atoms with Gasteiger partial charge in [0.15, 0.2) is 0 Å². The highest BCUT2D eigenvalue weighted by atomic mass is 16.1. The van der Waals surface area contributed by atoms with Crippen molar-refractivity contribution in [3.63, 3.8) is 0 Å². The molecule has 142 valence electrons. The van der Waals surface area contributed by atoms with Gasteiger partial charge in [0.1, 0.15) is 5.82 Å². The minimum atomic E-state index is 0.0280. The summed E-state index contributed by atoms with van der Waals surface area (Å²) < 4.78 is 2.30. The van der Waals surface area contributed by atoms with Crippen molar-refractivity contribution in [2.75, 3.05) is 6.54 Å². The van der Waals surface area contributed by atoms with Crippen molar-refractivity contribution in [2.45, 2.75) is 53.0 Å². The highest BCUT2D eigenvalue weighted by Gasteiger charge is 2.09. The first kappa shape index (κ1) is 19.2. The van der Waals surface area contributed by atoms with Crippen LogP contribution in [0, 0.1) is 13.8 Å². The van der Waals surface area contributed by atoms with E-state index in [4.69, 9.17) is 4.98 Å². The summed E-state index contributed by atoms with van der Waals surface area (Å²) in [5, 5.41) is 3.04. The SMILES string of the molecule is CCn1c(CCCCCNC(=O)c2ccc(C)cc2C)nc2ccccc21. The summed E-state index contributed by atoms with van der Waals surface area (Å²) in [6.45, 7) is 7.86. The molecule has 1 N–H and O–H groups in total. The molecule has 1 aromatic heterocycles. The van der Waals surface area contributed by atoms with E-state index in [1.807, 2.05) is 32.0 Å². The van der Waals surface area contributed by atoms with Gasteiger partial charge in [-0.05, 0) is 57.4 Å². The number of aromatic nitrogens is 2. The summed E-state index contributed by atoms with van der Waals surface area (Å²) in [5.41, 5.74) is 5.29. The summed E-state index contributed by atoms with van der Waals surface area (Å²) in [7, 11) is 0. The Labute approximate surface area is 161 Å². The van der Waals surface area contributed by atoms with Crippen LogP contribution in [0.1, 0.15) is 53.5 Å². The summed E-state index contributed by atoms with van der Waals surface area (Å²) in [6, 6.07) is 14.3. The molecular formula is C23H29N3O. The Hall–Kier alpha value is -2.62. The number of aryl methyl sites for hydroxylation is 4. The van der Waals surface area contributed by atoms with Gasteiger partial charge < -0.3 is 9.88 Å². The Kier molecular flexibility index (Phi) is 6.28. The Bertz CT molecular complexity index is 927. The van der Waals surface area contributed by atoms with Crippen LogP contribution in [-0.2, 0) is 13.0 Å². The average Bonchev–Trinajstić information content (AvgIpc) is 3.01. The molecule has 2 aromatic carbocycles. The molecular weight excluding hydrogens is 334 g/mol. The molecule has 1 amide bonds. The van der Waals surface area contributed by atoms with Crippen LogP contribution in [0.4, 0.5) is 0 Å². The third kappa shape index (κ3) is 4.57. The molecule has 0 fully saturated rings. The van der Waals surface area contributed by atoms with E-state index in [1.54, 1.807) is 0 Å². The van der Waals surface area contributed by atoms with Gasteiger partial charge in [0.2, 0.25) is 0 Å². The molecule has 0 bridgehead atoms. The molecule has 27 heavy (non-hydrogen) atoms. The largest absolute Gasteiger partial charge is 0.352 e. The lowest BCUT2D eigenvalue weighted by Gasteiger charge is -2.09. The first-order valence-electron chi connectivity index (χ1n) is 9.89. The molecule has 0 aliphatic rings. The fourth-order valence-corrected chi connectivity index (χ4v) is 3.62. The molecule has 1 heterocycles. The summed E-state index contributed by atoms with van der Waals surface area (Å²) in [5.74, 6) is 1.19. The maximum atomic E-state index is 12.3. The third-order valence-electron chi connectivity index (χ3n) is 5.04. The van der Waals surface area contributed by atoms with Crippen molar-refractivity contribution in [3.8, 4) is 0 Å². The molecule has 0 atom stereocenters. The lowest BCUT2D eigenvalue weighted by molar-refractivity contribution is 0.0952. The molecule has 0 saturated heterocycles. The summed E-state index contributed by atoms with van der Waals surface area (Å²) >= 11 is 0.